The Morgan fingerprint density at radius 3 is 2.79 bits per heavy atom. The molecule has 1 unspecified atom stereocenters. The lowest BCUT2D eigenvalue weighted by Gasteiger charge is -2.23. The van der Waals surface area contributed by atoms with Crippen LogP contribution in [-0.2, 0) is 6.54 Å². The second kappa shape index (κ2) is 11.0. The number of aryl methyl sites for hydroxylation is 2. The van der Waals surface area contributed by atoms with Gasteiger partial charge in [-0.1, -0.05) is 12.1 Å². The van der Waals surface area contributed by atoms with E-state index in [0.29, 0.717) is 6.04 Å². The summed E-state index contributed by atoms with van der Waals surface area (Å²) < 4.78 is 2.30. The van der Waals surface area contributed by atoms with Crippen molar-refractivity contribution in [3.8, 4) is 0 Å². The minimum Gasteiger partial charge on any atom is -0.357 e. The van der Waals surface area contributed by atoms with Crippen molar-refractivity contribution in [3.05, 3.63) is 30.1 Å². The lowest BCUT2D eigenvalue weighted by atomic mass is 10.3. The SMILES string of the molecule is CCNC(=NCC(C)N(C)C1CC1)NCCCn1c(C)nc2ccccc21.I. The third-order valence-corrected chi connectivity index (χ3v) is 5.37. The van der Waals surface area contributed by atoms with Crippen molar-refractivity contribution < 1.29 is 0 Å². The number of hydrogen-bond acceptors (Lipinski definition) is 3. The van der Waals surface area contributed by atoms with Crippen molar-refractivity contribution in [2.24, 2.45) is 4.99 Å². The molecule has 2 aromatic rings. The zero-order valence-electron chi connectivity index (χ0n) is 17.6. The molecule has 1 heterocycles. The van der Waals surface area contributed by atoms with Gasteiger partial charge >= 0.3 is 0 Å². The van der Waals surface area contributed by atoms with Crippen molar-refractivity contribution in [1.82, 2.24) is 25.1 Å². The van der Waals surface area contributed by atoms with Gasteiger partial charge in [0.1, 0.15) is 5.82 Å². The van der Waals surface area contributed by atoms with Crippen LogP contribution >= 0.6 is 24.0 Å². The molecule has 7 heteroatoms. The highest BCUT2D eigenvalue weighted by molar-refractivity contribution is 14.0. The third-order valence-electron chi connectivity index (χ3n) is 5.37. The van der Waals surface area contributed by atoms with Crippen LogP contribution in [0.15, 0.2) is 29.3 Å². The summed E-state index contributed by atoms with van der Waals surface area (Å²) in [5.41, 5.74) is 2.29. The van der Waals surface area contributed by atoms with Gasteiger partial charge in [0.2, 0.25) is 0 Å². The van der Waals surface area contributed by atoms with E-state index < -0.39 is 0 Å². The van der Waals surface area contributed by atoms with Gasteiger partial charge in [0.25, 0.3) is 0 Å². The molecule has 1 aliphatic rings. The zero-order chi connectivity index (χ0) is 19.2. The molecule has 156 valence electrons. The number of nitrogens with one attached hydrogen (secondary N) is 2. The Morgan fingerprint density at radius 2 is 2.07 bits per heavy atom. The first kappa shape index (κ1) is 22.9. The normalized spacial score (nSPS) is 15.5. The highest BCUT2D eigenvalue weighted by Crippen LogP contribution is 2.26. The Labute approximate surface area is 186 Å². The quantitative estimate of drug-likeness (QED) is 0.241. The van der Waals surface area contributed by atoms with Gasteiger partial charge in [-0.25, -0.2) is 4.98 Å². The lowest BCUT2D eigenvalue weighted by Crippen LogP contribution is -2.40. The summed E-state index contributed by atoms with van der Waals surface area (Å²) in [7, 11) is 2.22. The molecule has 2 N–H and O–H groups in total. The highest BCUT2D eigenvalue weighted by atomic mass is 127. The van der Waals surface area contributed by atoms with Gasteiger partial charge in [-0.2, -0.15) is 0 Å². The first-order valence-corrected chi connectivity index (χ1v) is 10.3. The molecular formula is C21H35IN6. The predicted octanol–water partition coefficient (Wildman–Crippen LogP) is 3.39. The van der Waals surface area contributed by atoms with Crippen LogP contribution in [0.3, 0.4) is 0 Å². The summed E-state index contributed by atoms with van der Waals surface area (Å²) >= 11 is 0. The fourth-order valence-electron chi connectivity index (χ4n) is 3.46. The van der Waals surface area contributed by atoms with Crippen molar-refractivity contribution in [1.29, 1.82) is 0 Å². The highest BCUT2D eigenvalue weighted by Gasteiger charge is 2.28. The fraction of sp³-hybridized carbons (Fsp3) is 0.619. The number of aliphatic imine (C=N–C) groups is 1. The second-order valence-corrected chi connectivity index (χ2v) is 7.54. The monoisotopic (exact) mass is 498 g/mol. The molecule has 0 spiro atoms. The molecule has 1 aliphatic carbocycles. The van der Waals surface area contributed by atoms with Crippen LogP contribution in [0.2, 0.25) is 0 Å². The van der Waals surface area contributed by atoms with Crippen molar-refractivity contribution >= 4 is 41.0 Å². The molecule has 0 saturated heterocycles. The number of aromatic nitrogens is 2. The first-order chi connectivity index (χ1) is 13.1. The topological polar surface area (TPSA) is 57.5 Å². The van der Waals surface area contributed by atoms with Gasteiger partial charge in [0, 0.05) is 31.7 Å². The molecule has 1 fully saturated rings. The van der Waals surface area contributed by atoms with Crippen LogP contribution in [-0.4, -0.2) is 59.2 Å². The number of likely N-dealkylation sites (N-methyl/N-ethyl adjacent to an activating group) is 1. The standard InChI is InChI=1S/C21H34N6.HI/c1-5-22-21(24-15-16(2)26(4)18-11-12-18)23-13-8-14-27-17(3)25-19-9-6-7-10-20(19)27;/h6-7,9-10,16,18H,5,8,11-15H2,1-4H3,(H2,22,23,24);1H. The van der Waals surface area contributed by atoms with Crippen LogP contribution in [0.5, 0.6) is 0 Å². The van der Waals surface area contributed by atoms with E-state index in [1.54, 1.807) is 0 Å². The average molecular weight is 498 g/mol. The minimum absolute atomic E-state index is 0. The lowest BCUT2D eigenvalue weighted by molar-refractivity contribution is 0.253. The number of benzene rings is 1. The Balaban J connectivity index is 0.00000280. The first-order valence-electron chi connectivity index (χ1n) is 10.3. The van der Waals surface area contributed by atoms with Gasteiger partial charge in [-0.15, -0.1) is 24.0 Å². The number of rotatable bonds is 9. The molecule has 1 atom stereocenters. The maximum absolute atomic E-state index is 4.78. The number of fused-ring (bicyclic) bond motifs is 1. The summed E-state index contributed by atoms with van der Waals surface area (Å²) in [6.45, 7) is 10.0. The molecule has 0 radical (unpaired) electrons. The van der Waals surface area contributed by atoms with Gasteiger partial charge in [0.05, 0.1) is 17.6 Å². The molecular weight excluding hydrogens is 463 g/mol. The van der Waals surface area contributed by atoms with E-state index in [1.807, 2.05) is 6.07 Å². The van der Waals surface area contributed by atoms with Crippen LogP contribution in [0.1, 0.15) is 38.9 Å². The maximum Gasteiger partial charge on any atom is 0.191 e. The largest absolute Gasteiger partial charge is 0.357 e. The minimum atomic E-state index is 0. The van der Waals surface area contributed by atoms with E-state index in [4.69, 9.17) is 4.99 Å². The van der Waals surface area contributed by atoms with Gasteiger partial charge in [-0.3, -0.25) is 9.89 Å². The van der Waals surface area contributed by atoms with E-state index in [1.165, 1.54) is 18.4 Å². The van der Waals surface area contributed by atoms with Gasteiger partial charge in [0.15, 0.2) is 5.96 Å². The molecule has 1 aromatic heterocycles. The Morgan fingerprint density at radius 1 is 1.32 bits per heavy atom. The predicted molar refractivity (Wildman–Crippen MR) is 129 cm³/mol. The molecule has 3 rings (SSSR count). The Hall–Kier alpha value is -1.35. The van der Waals surface area contributed by atoms with Crippen molar-refractivity contribution in [3.63, 3.8) is 0 Å². The third kappa shape index (κ3) is 6.07. The van der Waals surface area contributed by atoms with Crippen molar-refractivity contribution in [2.45, 2.75) is 58.7 Å². The number of imidazole rings is 1. The van der Waals surface area contributed by atoms with Crippen molar-refractivity contribution in [2.75, 3.05) is 26.7 Å². The Bertz CT molecular complexity index is 767. The molecule has 28 heavy (non-hydrogen) atoms. The molecule has 0 aliphatic heterocycles. The fourth-order valence-corrected chi connectivity index (χ4v) is 3.46. The maximum atomic E-state index is 4.78. The summed E-state index contributed by atoms with van der Waals surface area (Å²) in [6, 6.07) is 9.60. The molecule has 0 amide bonds. The van der Waals surface area contributed by atoms with E-state index in [0.717, 1.165) is 55.9 Å². The summed E-state index contributed by atoms with van der Waals surface area (Å²) in [6.07, 6.45) is 3.71. The number of nitrogens with zero attached hydrogens (tertiary/aromatic N) is 4. The summed E-state index contributed by atoms with van der Waals surface area (Å²) in [5, 5.41) is 6.83. The summed E-state index contributed by atoms with van der Waals surface area (Å²) in [4.78, 5) is 11.9. The zero-order valence-corrected chi connectivity index (χ0v) is 19.9. The smallest absolute Gasteiger partial charge is 0.191 e. The molecule has 0 bridgehead atoms. The average Bonchev–Trinajstić information content (AvgIpc) is 3.46. The van der Waals surface area contributed by atoms with E-state index in [2.05, 4.69) is 71.1 Å². The number of halogens is 1. The van der Waals surface area contributed by atoms with Crippen LogP contribution in [0.4, 0.5) is 0 Å². The molecule has 6 nitrogen and oxygen atoms in total. The van der Waals surface area contributed by atoms with Crippen LogP contribution in [0.25, 0.3) is 11.0 Å². The van der Waals surface area contributed by atoms with Crippen LogP contribution < -0.4 is 10.6 Å². The summed E-state index contributed by atoms with van der Waals surface area (Å²) in [5.74, 6) is 1.99. The number of hydrogen-bond donors (Lipinski definition) is 2. The Kier molecular flexibility index (Phi) is 9.01. The second-order valence-electron chi connectivity index (χ2n) is 7.54. The van der Waals surface area contributed by atoms with Gasteiger partial charge in [-0.05, 0) is 59.2 Å². The van der Waals surface area contributed by atoms with Crippen LogP contribution in [0, 0.1) is 6.92 Å². The number of guanidine groups is 1. The van der Waals surface area contributed by atoms with E-state index in [9.17, 15) is 0 Å². The van der Waals surface area contributed by atoms with E-state index in [-0.39, 0.29) is 24.0 Å². The van der Waals surface area contributed by atoms with E-state index >= 15 is 0 Å². The van der Waals surface area contributed by atoms with Gasteiger partial charge < -0.3 is 15.2 Å². The number of para-hydroxylation sites is 2. The molecule has 1 aromatic carbocycles. The molecule has 1 saturated carbocycles.